The van der Waals surface area contributed by atoms with Crippen LogP contribution in [0.4, 0.5) is 0 Å². The van der Waals surface area contributed by atoms with Gasteiger partial charge in [0.05, 0.1) is 13.1 Å². The van der Waals surface area contributed by atoms with Crippen LogP contribution in [0.1, 0.15) is 19.3 Å². The molecule has 2 rings (SSSR count). The number of halogens is 1. The van der Waals surface area contributed by atoms with Crippen molar-refractivity contribution < 1.29 is 9.59 Å². The third kappa shape index (κ3) is 1.08. The van der Waals surface area contributed by atoms with Crippen molar-refractivity contribution in [1.29, 1.82) is 0 Å². The van der Waals surface area contributed by atoms with Crippen LogP contribution in [0, 0.1) is 0 Å². The molecule has 64 valence electrons. The first-order chi connectivity index (χ1) is 5.25. The molecule has 11 heavy (non-hydrogen) atoms. The van der Waals surface area contributed by atoms with E-state index in [9.17, 15) is 5.11 Å². The normalized spacial score (nSPS) is 42.0. The Labute approximate surface area is 72.3 Å². The lowest BCUT2D eigenvalue weighted by Gasteiger charge is -2.54. The van der Waals surface area contributed by atoms with Gasteiger partial charge < -0.3 is 9.59 Å². The molecule has 3 heteroatoms. The minimum absolute atomic E-state index is 0.00435. The Hall–Kier alpha value is 0.210. The molecule has 2 aliphatic heterocycles. The van der Waals surface area contributed by atoms with Gasteiger partial charge in [-0.1, -0.05) is 11.6 Å². The van der Waals surface area contributed by atoms with Crippen LogP contribution in [0.2, 0.25) is 0 Å². The maximum atomic E-state index is 9.29. The lowest BCUT2D eigenvalue weighted by Crippen LogP contribution is -2.72. The molecule has 0 aromatic heterocycles. The average molecular weight is 177 g/mol. The van der Waals surface area contributed by atoms with Gasteiger partial charge in [0.15, 0.2) is 11.6 Å². The lowest BCUT2D eigenvalue weighted by atomic mass is 9.99. The summed E-state index contributed by atoms with van der Waals surface area (Å²) in [6.07, 6.45) is 3.68. The predicted molar refractivity (Wildman–Crippen MR) is 44.4 cm³/mol. The fourth-order valence-electron chi connectivity index (χ4n) is 2.36. The van der Waals surface area contributed by atoms with E-state index in [0.717, 1.165) is 11.0 Å². The summed E-state index contributed by atoms with van der Waals surface area (Å²) in [6, 6.07) is 0. The summed E-state index contributed by atoms with van der Waals surface area (Å²) in [4.78, 5) is 0. The standard InChI is InChI=1S/C8H15ClNO/c9-8-7(11)6-10(8)4-2-1-3-5-10/h7-8,11H,1-6H2/q+1. The van der Waals surface area contributed by atoms with Crippen LogP contribution >= 0.6 is 11.6 Å². The van der Waals surface area contributed by atoms with Crippen LogP contribution < -0.4 is 0 Å². The Morgan fingerprint density at radius 3 is 2.27 bits per heavy atom. The summed E-state index contributed by atoms with van der Waals surface area (Å²) in [5.41, 5.74) is -0.00435. The third-order valence-electron chi connectivity index (χ3n) is 3.10. The largest absolute Gasteiger partial charge is 0.380 e. The molecule has 0 radical (unpaired) electrons. The summed E-state index contributed by atoms with van der Waals surface area (Å²) in [5.74, 6) is 0. The van der Waals surface area contributed by atoms with E-state index in [1.165, 1.54) is 32.4 Å². The van der Waals surface area contributed by atoms with Crippen molar-refractivity contribution in [2.75, 3.05) is 19.6 Å². The molecule has 0 amide bonds. The van der Waals surface area contributed by atoms with Crippen LogP contribution in [0.5, 0.6) is 0 Å². The van der Waals surface area contributed by atoms with Gasteiger partial charge in [-0.15, -0.1) is 0 Å². The molecule has 2 heterocycles. The summed E-state index contributed by atoms with van der Waals surface area (Å²) >= 11 is 6.06. The first-order valence-electron chi connectivity index (χ1n) is 4.42. The summed E-state index contributed by atoms with van der Waals surface area (Å²) in [6.45, 7) is 3.27. The smallest absolute Gasteiger partial charge is 0.196 e. The summed E-state index contributed by atoms with van der Waals surface area (Å²) in [7, 11) is 0. The molecule has 2 aliphatic rings. The number of aliphatic hydroxyl groups excluding tert-OH is 1. The molecule has 2 fully saturated rings. The molecule has 2 saturated heterocycles. The van der Waals surface area contributed by atoms with E-state index in [0.29, 0.717) is 0 Å². The Balaban J connectivity index is 2.00. The number of alkyl halides is 1. The number of nitrogens with zero attached hydrogens (tertiary/aromatic N) is 1. The molecule has 2 atom stereocenters. The fourth-order valence-corrected chi connectivity index (χ4v) is 2.71. The Bertz CT molecular complexity index is 151. The zero-order valence-corrected chi connectivity index (χ0v) is 7.43. The molecule has 0 saturated carbocycles. The molecule has 0 aliphatic carbocycles. The average Bonchev–Trinajstić information content (AvgIpc) is 2.06. The SMILES string of the molecule is OC1C[N+]2(CCCCC2)C1Cl. The predicted octanol–water partition coefficient (Wildman–Crippen LogP) is 0.926. The first kappa shape index (κ1) is 7.84. The highest BCUT2D eigenvalue weighted by atomic mass is 35.5. The van der Waals surface area contributed by atoms with E-state index in [4.69, 9.17) is 11.6 Å². The summed E-state index contributed by atoms with van der Waals surface area (Å²) < 4.78 is 0.989. The van der Waals surface area contributed by atoms with E-state index in [-0.39, 0.29) is 11.6 Å². The van der Waals surface area contributed by atoms with Crippen molar-refractivity contribution in [2.45, 2.75) is 30.9 Å². The van der Waals surface area contributed by atoms with Crippen LogP contribution in [-0.2, 0) is 0 Å². The van der Waals surface area contributed by atoms with Crippen molar-refractivity contribution in [3.63, 3.8) is 0 Å². The van der Waals surface area contributed by atoms with E-state index in [1.807, 2.05) is 0 Å². The molecule has 1 spiro atoms. The van der Waals surface area contributed by atoms with Gasteiger partial charge in [0.1, 0.15) is 6.54 Å². The fraction of sp³-hybridized carbons (Fsp3) is 1.00. The van der Waals surface area contributed by atoms with Crippen molar-refractivity contribution in [1.82, 2.24) is 0 Å². The van der Waals surface area contributed by atoms with Crippen LogP contribution in [0.3, 0.4) is 0 Å². The van der Waals surface area contributed by atoms with Gasteiger partial charge in [-0.05, 0) is 19.3 Å². The van der Waals surface area contributed by atoms with Crippen molar-refractivity contribution in [2.24, 2.45) is 0 Å². The number of rotatable bonds is 0. The third-order valence-corrected chi connectivity index (χ3v) is 3.80. The zero-order chi connectivity index (χ0) is 7.90. The topological polar surface area (TPSA) is 20.2 Å². The molecule has 1 N–H and O–H groups in total. The van der Waals surface area contributed by atoms with Crippen molar-refractivity contribution in [3.8, 4) is 0 Å². The summed E-state index contributed by atoms with van der Waals surface area (Å²) in [5, 5.41) is 9.29. The van der Waals surface area contributed by atoms with Gasteiger partial charge in [-0.25, -0.2) is 0 Å². The number of quaternary nitrogens is 1. The second-order valence-electron chi connectivity index (χ2n) is 3.85. The molecule has 0 bridgehead atoms. The van der Waals surface area contributed by atoms with Crippen LogP contribution in [-0.4, -0.2) is 40.8 Å². The van der Waals surface area contributed by atoms with Crippen molar-refractivity contribution >= 4 is 11.6 Å². The van der Waals surface area contributed by atoms with Gasteiger partial charge in [-0.2, -0.15) is 0 Å². The molecule has 2 nitrogen and oxygen atoms in total. The number of hydrogen-bond donors (Lipinski definition) is 1. The van der Waals surface area contributed by atoms with Gasteiger partial charge in [0.25, 0.3) is 0 Å². The number of aliphatic hydroxyl groups is 1. The zero-order valence-electron chi connectivity index (χ0n) is 6.67. The van der Waals surface area contributed by atoms with Crippen LogP contribution in [0.25, 0.3) is 0 Å². The van der Waals surface area contributed by atoms with E-state index in [2.05, 4.69) is 0 Å². The monoisotopic (exact) mass is 176 g/mol. The Morgan fingerprint density at radius 2 is 1.82 bits per heavy atom. The second-order valence-corrected chi connectivity index (χ2v) is 4.30. The quantitative estimate of drug-likeness (QED) is 0.331. The minimum atomic E-state index is -0.241. The maximum Gasteiger partial charge on any atom is 0.196 e. The molecule has 2 unspecified atom stereocenters. The molecule has 0 aromatic carbocycles. The highest BCUT2D eigenvalue weighted by molar-refractivity contribution is 6.20. The van der Waals surface area contributed by atoms with Crippen LogP contribution in [0.15, 0.2) is 0 Å². The molecule has 0 aromatic rings. The molecular weight excluding hydrogens is 162 g/mol. The highest BCUT2D eigenvalue weighted by Crippen LogP contribution is 2.35. The van der Waals surface area contributed by atoms with Gasteiger partial charge in [0, 0.05) is 0 Å². The lowest BCUT2D eigenvalue weighted by molar-refractivity contribution is -0.988. The van der Waals surface area contributed by atoms with E-state index >= 15 is 0 Å². The van der Waals surface area contributed by atoms with E-state index < -0.39 is 0 Å². The number of piperidine rings is 1. The second kappa shape index (κ2) is 2.61. The first-order valence-corrected chi connectivity index (χ1v) is 4.86. The number of hydrogen-bond acceptors (Lipinski definition) is 1. The minimum Gasteiger partial charge on any atom is -0.380 e. The van der Waals surface area contributed by atoms with Gasteiger partial charge in [-0.3, -0.25) is 0 Å². The maximum absolute atomic E-state index is 9.29. The Morgan fingerprint density at radius 1 is 1.18 bits per heavy atom. The molecular formula is C8H15ClNO+. The van der Waals surface area contributed by atoms with Gasteiger partial charge in [0.2, 0.25) is 0 Å². The highest BCUT2D eigenvalue weighted by Gasteiger charge is 2.52. The Kier molecular flexibility index (Phi) is 1.86. The van der Waals surface area contributed by atoms with Crippen molar-refractivity contribution in [3.05, 3.63) is 0 Å². The van der Waals surface area contributed by atoms with Gasteiger partial charge >= 0.3 is 0 Å². The van der Waals surface area contributed by atoms with E-state index in [1.54, 1.807) is 0 Å².